The van der Waals surface area contributed by atoms with Crippen LogP contribution >= 0.6 is 0 Å². The van der Waals surface area contributed by atoms with Crippen molar-refractivity contribution in [3.63, 3.8) is 0 Å². The van der Waals surface area contributed by atoms with Crippen molar-refractivity contribution in [2.24, 2.45) is 0 Å². The zero-order chi connectivity index (χ0) is 39.2. The molecule has 2 aromatic heterocycles. The van der Waals surface area contributed by atoms with Crippen LogP contribution in [0.2, 0.25) is 0 Å². The molecular weight excluding hydrogens is 710 g/mol. The number of alkyl halides is 6. The molecule has 0 aliphatic carbocycles. The van der Waals surface area contributed by atoms with E-state index in [1.807, 2.05) is 55.6 Å². The summed E-state index contributed by atoms with van der Waals surface area (Å²) in [5.41, 5.74) is 3.76. The van der Waals surface area contributed by atoms with Crippen molar-refractivity contribution >= 4 is 45.3 Å². The number of rotatable bonds is 12. The molecule has 3 aromatic carbocycles. The number of aromatic nitrogens is 3. The van der Waals surface area contributed by atoms with Gasteiger partial charge < -0.3 is 20.5 Å². The van der Waals surface area contributed by atoms with Crippen molar-refractivity contribution in [3.05, 3.63) is 96.6 Å². The maximum absolute atomic E-state index is 13.1. The second kappa shape index (κ2) is 19.2. The van der Waals surface area contributed by atoms with E-state index in [0.717, 1.165) is 59.2 Å². The van der Waals surface area contributed by atoms with Gasteiger partial charge in [-0.15, -0.1) is 0 Å². The molecule has 0 unspecified atom stereocenters. The van der Waals surface area contributed by atoms with Crippen LogP contribution in [0.5, 0.6) is 0 Å². The number of carbonyl (C=O) groups is 4. The molecule has 1 atom stereocenters. The summed E-state index contributed by atoms with van der Waals surface area (Å²) in [5, 5.41) is 20.8. The summed E-state index contributed by atoms with van der Waals surface area (Å²) in [5.74, 6) is -4.54. The first-order valence-electron chi connectivity index (χ1n) is 16.3. The fourth-order valence-corrected chi connectivity index (χ4v) is 4.96. The summed E-state index contributed by atoms with van der Waals surface area (Å²) in [7, 11) is 0. The van der Waals surface area contributed by atoms with E-state index in [-0.39, 0.29) is 18.4 Å². The summed E-state index contributed by atoms with van der Waals surface area (Å²) in [6, 6.07) is 24.3. The van der Waals surface area contributed by atoms with E-state index in [2.05, 4.69) is 50.6 Å². The number of aromatic amines is 1. The quantitative estimate of drug-likeness (QED) is 0.0731. The second-order valence-electron chi connectivity index (χ2n) is 11.7. The van der Waals surface area contributed by atoms with Gasteiger partial charge in [0.05, 0.1) is 29.9 Å². The zero-order valence-corrected chi connectivity index (χ0v) is 28.3. The van der Waals surface area contributed by atoms with Gasteiger partial charge in [0.25, 0.3) is 0 Å². The summed E-state index contributed by atoms with van der Waals surface area (Å²) >= 11 is 0. The van der Waals surface area contributed by atoms with Crippen molar-refractivity contribution in [1.82, 2.24) is 20.3 Å². The maximum atomic E-state index is 13.1. The number of hydrogen-bond donors (Lipinski definition) is 4. The highest BCUT2D eigenvalue weighted by atomic mass is 19.4. The summed E-state index contributed by atoms with van der Waals surface area (Å²) in [4.78, 5) is 55.2. The van der Waals surface area contributed by atoms with Crippen molar-refractivity contribution in [2.45, 2.75) is 70.3 Å². The Labute approximate surface area is 299 Å². The molecule has 0 aliphatic heterocycles. The van der Waals surface area contributed by atoms with Crippen molar-refractivity contribution < 1.29 is 55.7 Å². The number of aliphatic carboxylic acids is 2. The predicted molar refractivity (Wildman–Crippen MR) is 184 cm³/mol. The number of H-pyrrole nitrogens is 1. The Morgan fingerprint density at radius 3 is 1.98 bits per heavy atom. The Morgan fingerprint density at radius 2 is 1.36 bits per heavy atom. The monoisotopic (exact) mass is 746 g/mol. The molecule has 0 aliphatic rings. The molecule has 0 saturated heterocycles. The summed E-state index contributed by atoms with van der Waals surface area (Å²) in [6.45, 7) is 1.91. The van der Waals surface area contributed by atoms with Gasteiger partial charge in [-0.25, -0.2) is 14.6 Å². The molecule has 1 amide bonds. The molecule has 2 heterocycles. The molecule has 0 radical (unpaired) electrons. The van der Waals surface area contributed by atoms with Crippen LogP contribution in [0.15, 0.2) is 85.2 Å². The van der Waals surface area contributed by atoms with Crippen molar-refractivity contribution in [1.29, 1.82) is 0 Å². The number of fused-ring (bicyclic) bond motifs is 2. The molecule has 10 nitrogen and oxygen atoms in total. The number of pyridine rings is 1. The molecule has 16 heteroatoms. The molecular formula is C37H36F6N4O6. The van der Waals surface area contributed by atoms with Gasteiger partial charge in [-0.05, 0) is 47.4 Å². The third-order valence-corrected chi connectivity index (χ3v) is 7.66. The minimum atomic E-state index is -5.08. The number of carboxylic acid groups (broad SMARTS) is 2. The second-order valence-corrected chi connectivity index (χ2v) is 11.7. The summed E-state index contributed by atoms with van der Waals surface area (Å²) in [6.07, 6.45) is -1.66. The Balaban J connectivity index is 0.000000458. The lowest BCUT2D eigenvalue weighted by Gasteiger charge is -2.17. The Bertz CT molecular complexity index is 1990. The minimum absolute atomic E-state index is 0.0677. The number of nitrogens with zero attached hydrogens (tertiary/aromatic N) is 2. The number of carbonyl (C=O) groups excluding carboxylic acids is 2. The van der Waals surface area contributed by atoms with Gasteiger partial charge >= 0.3 is 24.3 Å². The number of Topliss-reactive ketones (excluding diaryl/α,β-unsaturated/α-hetero) is 1. The Kier molecular flexibility index (Phi) is 15.0. The van der Waals surface area contributed by atoms with Crippen LogP contribution in [0, 0.1) is 0 Å². The van der Waals surface area contributed by atoms with E-state index in [1.54, 1.807) is 6.20 Å². The van der Waals surface area contributed by atoms with Crippen LogP contribution in [0.1, 0.15) is 62.9 Å². The molecule has 0 bridgehead atoms. The number of amides is 1. The van der Waals surface area contributed by atoms with E-state index >= 15 is 0 Å². The summed E-state index contributed by atoms with van der Waals surface area (Å²) < 4.78 is 63.5. The van der Waals surface area contributed by atoms with Gasteiger partial charge in [0.1, 0.15) is 11.6 Å². The lowest BCUT2D eigenvalue weighted by Crippen LogP contribution is -2.30. The van der Waals surface area contributed by atoms with Gasteiger partial charge in [0.2, 0.25) is 5.91 Å². The van der Waals surface area contributed by atoms with E-state index in [0.29, 0.717) is 18.6 Å². The highest BCUT2D eigenvalue weighted by Gasteiger charge is 2.38. The molecule has 5 rings (SSSR count). The topological polar surface area (TPSA) is 162 Å². The van der Waals surface area contributed by atoms with Crippen LogP contribution < -0.4 is 5.32 Å². The standard InChI is InChI=1S/C33H34N4O2.2C2HF3O2/c1-2-28(38)13-4-3-5-15-30(36-32(39)19-23-18-26-12-8-9-14-29(26)34-21-23)33-35-22-31(37-33)27-17-16-24-10-6-7-11-25(24)20-27;2*3-2(4,5)1(6)7/h6-12,14,16-18,20-22,30H,2-5,13,15,19H2,1H3,(H,35,37)(H,36,39);2*(H,6,7)/t30-;;/m0../s1. The van der Waals surface area contributed by atoms with Gasteiger partial charge in [-0.3, -0.25) is 14.6 Å². The molecule has 0 saturated carbocycles. The number of imidazole rings is 1. The lowest BCUT2D eigenvalue weighted by molar-refractivity contribution is -0.193. The fraction of sp³-hybridized carbons (Fsp3) is 0.297. The van der Waals surface area contributed by atoms with Gasteiger partial charge in [0.15, 0.2) is 0 Å². The zero-order valence-electron chi connectivity index (χ0n) is 28.3. The number of nitrogens with one attached hydrogen (secondary N) is 2. The van der Waals surface area contributed by atoms with Crippen LogP contribution in [-0.2, 0) is 25.6 Å². The predicted octanol–water partition coefficient (Wildman–Crippen LogP) is 8.37. The Morgan fingerprint density at radius 1 is 0.755 bits per heavy atom. The number of unbranched alkanes of at least 4 members (excludes halogenated alkanes) is 2. The lowest BCUT2D eigenvalue weighted by atomic mass is 10.0. The fourth-order valence-electron chi connectivity index (χ4n) is 4.96. The number of benzene rings is 3. The van der Waals surface area contributed by atoms with E-state index in [1.165, 1.54) is 10.8 Å². The first-order chi connectivity index (χ1) is 25.0. The first kappa shape index (κ1) is 41.6. The smallest absolute Gasteiger partial charge is 0.475 e. The average Bonchev–Trinajstić information content (AvgIpc) is 3.61. The highest BCUT2D eigenvalue weighted by molar-refractivity contribution is 5.87. The number of hydrogen-bond acceptors (Lipinski definition) is 6. The van der Waals surface area contributed by atoms with E-state index in [9.17, 15) is 35.9 Å². The number of halogens is 6. The third-order valence-electron chi connectivity index (χ3n) is 7.66. The molecule has 0 fully saturated rings. The molecule has 282 valence electrons. The van der Waals surface area contributed by atoms with E-state index in [4.69, 9.17) is 19.8 Å². The third kappa shape index (κ3) is 13.7. The van der Waals surface area contributed by atoms with Crippen molar-refractivity contribution in [3.8, 4) is 11.3 Å². The normalized spacial score (nSPS) is 11.8. The largest absolute Gasteiger partial charge is 0.490 e. The molecule has 4 N–H and O–H groups in total. The molecule has 0 spiro atoms. The Hall–Kier alpha value is -5.80. The number of carboxylic acids is 2. The highest BCUT2D eigenvalue weighted by Crippen LogP contribution is 2.26. The van der Waals surface area contributed by atoms with Crippen LogP contribution in [0.3, 0.4) is 0 Å². The van der Waals surface area contributed by atoms with Crippen molar-refractivity contribution in [2.75, 3.05) is 0 Å². The minimum Gasteiger partial charge on any atom is -0.475 e. The SMILES string of the molecule is CCC(=O)CCCCC[C@H](NC(=O)Cc1cnc2ccccc2c1)c1ncc(-c2ccc3ccccc3c2)[nH]1.O=C(O)C(F)(F)F.O=C(O)C(F)(F)F. The first-order valence-corrected chi connectivity index (χ1v) is 16.3. The average molecular weight is 747 g/mol. The maximum Gasteiger partial charge on any atom is 0.490 e. The number of ketones is 1. The van der Waals surface area contributed by atoms with Crippen LogP contribution in [-0.4, -0.2) is 61.1 Å². The van der Waals surface area contributed by atoms with Gasteiger partial charge in [0, 0.05) is 30.0 Å². The van der Waals surface area contributed by atoms with Gasteiger partial charge in [-0.1, -0.05) is 74.4 Å². The van der Waals surface area contributed by atoms with Crippen LogP contribution in [0.25, 0.3) is 32.9 Å². The van der Waals surface area contributed by atoms with Gasteiger partial charge in [-0.2, -0.15) is 26.3 Å². The van der Waals surface area contributed by atoms with Crippen LogP contribution in [0.4, 0.5) is 26.3 Å². The number of para-hydroxylation sites is 1. The molecule has 53 heavy (non-hydrogen) atoms. The molecule has 5 aromatic rings. The van der Waals surface area contributed by atoms with E-state index < -0.39 is 24.3 Å².